The number of nitrogens with two attached hydrogens (primary N) is 1. The average Bonchev–Trinajstić information content (AvgIpc) is 3.55. The third kappa shape index (κ3) is 2.60. The number of anilines is 1. The summed E-state index contributed by atoms with van der Waals surface area (Å²) in [6.07, 6.45) is 0. The molecule has 4 aromatic carbocycles. The maximum Gasteiger partial charge on any atom is 0.154 e. The molecule has 0 bridgehead atoms. The summed E-state index contributed by atoms with van der Waals surface area (Å²) < 4.78 is 13.9. The number of hydrogen-bond acceptors (Lipinski definition) is 4. The second kappa shape index (κ2) is 6.66. The molecule has 168 valence electrons. The van der Waals surface area contributed by atoms with Gasteiger partial charge in [0, 0.05) is 42.3 Å². The van der Waals surface area contributed by atoms with Gasteiger partial charge in [-0.2, -0.15) is 0 Å². The smallest absolute Gasteiger partial charge is 0.154 e. The molecule has 0 fully saturated rings. The van der Waals surface area contributed by atoms with Crippen LogP contribution in [0.4, 0.5) is 5.69 Å². The first-order valence-corrected chi connectivity index (χ1v) is 13.3. The van der Waals surface area contributed by atoms with Gasteiger partial charge in [0.25, 0.3) is 0 Å². The number of hydrogen-bond donors (Lipinski definition) is 1. The van der Waals surface area contributed by atoms with Crippen molar-refractivity contribution in [3.8, 4) is 5.69 Å². The third-order valence-corrected chi connectivity index (χ3v) is 9.39. The SMILES string of the molecule is Cc1ccc(-n2c3cc(C)ccc3c3sc4cc5c(cc4c32)oc2c3ccc(N)cc3sc52)cc1. The minimum Gasteiger partial charge on any atom is -0.454 e. The zero-order valence-corrected chi connectivity index (χ0v) is 20.8. The molecular weight excluding hydrogens is 468 g/mol. The molecule has 8 rings (SSSR count). The first kappa shape index (κ1) is 19.5. The summed E-state index contributed by atoms with van der Waals surface area (Å²) in [5.41, 5.74) is 14.9. The summed E-state index contributed by atoms with van der Waals surface area (Å²) >= 11 is 3.63. The van der Waals surface area contributed by atoms with Crippen molar-refractivity contribution in [2.45, 2.75) is 13.8 Å². The van der Waals surface area contributed by atoms with Crippen molar-refractivity contribution in [1.29, 1.82) is 0 Å². The molecule has 0 unspecified atom stereocenters. The van der Waals surface area contributed by atoms with Crippen LogP contribution in [0.1, 0.15) is 11.1 Å². The summed E-state index contributed by atoms with van der Waals surface area (Å²) in [6.45, 7) is 4.30. The Hall–Kier alpha value is -3.80. The number of furan rings is 1. The number of aryl methyl sites for hydroxylation is 2. The second-order valence-corrected chi connectivity index (χ2v) is 11.5. The Bertz CT molecular complexity index is 2140. The van der Waals surface area contributed by atoms with Gasteiger partial charge in [0.2, 0.25) is 0 Å². The van der Waals surface area contributed by atoms with Crippen LogP contribution < -0.4 is 5.73 Å². The van der Waals surface area contributed by atoms with E-state index in [1.165, 1.54) is 62.8 Å². The fourth-order valence-corrected chi connectivity index (χ4v) is 7.80. The van der Waals surface area contributed by atoms with Crippen LogP contribution in [0.2, 0.25) is 0 Å². The predicted octanol–water partition coefficient (Wildman–Crippen LogP) is 9.31. The van der Waals surface area contributed by atoms with Crippen molar-refractivity contribution in [3.05, 3.63) is 83.9 Å². The zero-order chi connectivity index (χ0) is 23.4. The lowest BCUT2D eigenvalue weighted by atomic mass is 10.1. The highest BCUT2D eigenvalue weighted by molar-refractivity contribution is 7.27. The van der Waals surface area contributed by atoms with Crippen LogP contribution in [0.25, 0.3) is 68.2 Å². The second-order valence-electron chi connectivity index (χ2n) is 9.43. The molecule has 0 saturated carbocycles. The number of nitrogen functional groups attached to an aromatic ring is 1. The Morgan fingerprint density at radius 2 is 1.43 bits per heavy atom. The van der Waals surface area contributed by atoms with E-state index in [9.17, 15) is 0 Å². The molecule has 35 heavy (non-hydrogen) atoms. The summed E-state index contributed by atoms with van der Waals surface area (Å²) in [7, 11) is 0. The first-order chi connectivity index (χ1) is 17.0. The molecule has 0 aliphatic heterocycles. The average molecular weight is 489 g/mol. The Balaban J connectivity index is 1.52. The van der Waals surface area contributed by atoms with Crippen LogP contribution in [0.3, 0.4) is 0 Å². The first-order valence-electron chi connectivity index (χ1n) is 11.6. The monoisotopic (exact) mass is 488 g/mol. The quantitative estimate of drug-likeness (QED) is 0.234. The van der Waals surface area contributed by atoms with Crippen molar-refractivity contribution in [3.63, 3.8) is 0 Å². The largest absolute Gasteiger partial charge is 0.454 e. The highest BCUT2D eigenvalue weighted by Crippen LogP contribution is 2.47. The number of nitrogens with zero attached hydrogens (tertiary/aromatic N) is 1. The van der Waals surface area contributed by atoms with Gasteiger partial charge in [-0.05, 0) is 67.9 Å². The van der Waals surface area contributed by atoms with Gasteiger partial charge in [-0.3, -0.25) is 0 Å². The van der Waals surface area contributed by atoms with Gasteiger partial charge < -0.3 is 14.7 Å². The van der Waals surface area contributed by atoms with Gasteiger partial charge in [0.1, 0.15) is 5.58 Å². The lowest BCUT2D eigenvalue weighted by Gasteiger charge is -2.09. The number of fused-ring (bicyclic) bond motifs is 10. The van der Waals surface area contributed by atoms with Crippen molar-refractivity contribution in [1.82, 2.24) is 4.57 Å². The summed E-state index contributed by atoms with van der Waals surface area (Å²) in [4.78, 5) is 0. The van der Waals surface area contributed by atoms with Crippen LogP contribution in [0.5, 0.6) is 0 Å². The van der Waals surface area contributed by atoms with E-state index in [0.29, 0.717) is 0 Å². The molecule has 5 heteroatoms. The van der Waals surface area contributed by atoms with Crippen molar-refractivity contribution in [2.24, 2.45) is 0 Å². The van der Waals surface area contributed by atoms with Crippen molar-refractivity contribution < 1.29 is 4.42 Å². The van der Waals surface area contributed by atoms with E-state index < -0.39 is 0 Å². The van der Waals surface area contributed by atoms with Crippen LogP contribution in [0.15, 0.2) is 77.2 Å². The van der Waals surface area contributed by atoms with Crippen molar-refractivity contribution >= 4 is 90.9 Å². The molecule has 0 atom stereocenters. The summed E-state index contributed by atoms with van der Waals surface area (Å²) in [6, 6.07) is 26.2. The highest BCUT2D eigenvalue weighted by Gasteiger charge is 2.21. The van der Waals surface area contributed by atoms with E-state index in [1.807, 2.05) is 23.5 Å². The fourth-order valence-electron chi connectivity index (χ4n) is 5.36. The maximum atomic E-state index is 6.49. The Morgan fingerprint density at radius 1 is 0.686 bits per heavy atom. The molecule has 3 nitrogen and oxygen atoms in total. The molecule has 8 aromatic rings. The molecule has 0 radical (unpaired) electrons. The summed E-state index contributed by atoms with van der Waals surface area (Å²) in [5, 5.41) is 4.85. The van der Waals surface area contributed by atoms with E-state index in [4.69, 9.17) is 10.2 Å². The standard InChI is InChI=1S/C30H20N2OS2/c1-15-3-7-18(8-4-15)32-23-11-16(2)5-9-19(23)29-27(32)22-13-24-21(14-26(22)34-29)30-28(33-24)20-10-6-17(31)12-25(20)35-30/h3-14H,31H2,1-2H3. The Kier molecular flexibility index (Phi) is 3.71. The fraction of sp³-hybridized carbons (Fsp3) is 0.0667. The van der Waals surface area contributed by atoms with Gasteiger partial charge in [0.15, 0.2) is 5.58 Å². The van der Waals surface area contributed by atoms with Gasteiger partial charge in [0.05, 0.1) is 20.4 Å². The normalized spacial score (nSPS) is 12.4. The van der Waals surface area contributed by atoms with E-state index >= 15 is 0 Å². The molecule has 0 amide bonds. The van der Waals surface area contributed by atoms with E-state index in [2.05, 4.69) is 79.1 Å². The Morgan fingerprint density at radius 3 is 2.29 bits per heavy atom. The number of thiophene rings is 2. The molecule has 0 aliphatic carbocycles. The molecule has 4 heterocycles. The van der Waals surface area contributed by atoms with Crippen LogP contribution in [-0.4, -0.2) is 4.57 Å². The van der Waals surface area contributed by atoms with E-state index in [1.54, 1.807) is 11.3 Å². The minimum absolute atomic E-state index is 0.785. The Labute approximate surface area is 208 Å². The zero-order valence-electron chi connectivity index (χ0n) is 19.2. The lowest BCUT2D eigenvalue weighted by Crippen LogP contribution is -1.94. The molecule has 0 aliphatic rings. The lowest BCUT2D eigenvalue weighted by molar-refractivity contribution is 0.674. The molecule has 2 N–H and O–H groups in total. The predicted molar refractivity (Wildman–Crippen MR) is 153 cm³/mol. The van der Waals surface area contributed by atoms with Gasteiger partial charge in [-0.25, -0.2) is 0 Å². The maximum absolute atomic E-state index is 6.49. The molecule has 0 spiro atoms. The number of aromatic nitrogens is 1. The van der Waals surface area contributed by atoms with E-state index in [-0.39, 0.29) is 0 Å². The van der Waals surface area contributed by atoms with Crippen LogP contribution >= 0.6 is 22.7 Å². The van der Waals surface area contributed by atoms with Gasteiger partial charge >= 0.3 is 0 Å². The van der Waals surface area contributed by atoms with Gasteiger partial charge in [-0.1, -0.05) is 29.8 Å². The number of benzene rings is 4. The van der Waals surface area contributed by atoms with Crippen molar-refractivity contribution in [2.75, 3.05) is 5.73 Å². The van der Waals surface area contributed by atoms with Crippen LogP contribution in [0, 0.1) is 13.8 Å². The minimum atomic E-state index is 0.785. The summed E-state index contributed by atoms with van der Waals surface area (Å²) in [5.74, 6) is 0. The van der Waals surface area contributed by atoms with E-state index in [0.717, 1.165) is 22.2 Å². The third-order valence-electron chi connectivity index (χ3n) is 7.04. The number of rotatable bonds is 1. The molecule has 4 aromatic heterocycles. The topological polar surface area (TPSA) is 44.1 Å². The highest BCUT2D eigenvalue weighted by atomic mass is 32.1. The van der Waals surface area contributed by atoms with Gasteiger partial charge in [-0.15, -0.1) is 22.7 Å². The molecular formula is C30H20N2OS2. The van der Waals surface area contributed by atoms with Crippen LogP contribution in [-0.2, 0) is 0 Å². The molecule has 0 saturated heterocycles.